The Labute approximate surface area is 201 Å². The van der Waals surface area contributed by atoms with Crippen molar-refractivity contribution in [3.63, 3.8) is 0 Å². The summed E-state index contributed by atoms with van der Waals surface area (Å²) >= 11 is 3.31. The molecular weight excluding hydrogens is 502 g/mol. The largest absolute Gasteiger partial charge is 0.361 e. The molecule has 1 heterocycles. The van der Waals surface area contributed by atoms with E-state index in [1.54, 1.807) is 12.1 Å². The van der Waals surface area contributed by atoms with Gasteiger partial charge in [0.25, 0.3) is 0 Å². The van der Waals surface area contributed by atoms with Crippen molar-refractivity contribution in [3.05, 3.63) is 101 Å². The van der Waals surface area contributed by atoms with Crippen molar-refractivity contribution in [1.29, 1.82) is 0 Å². The fraction of sp³-hybridized carbons (Fsp3) is 0.160. The van der Waals surface area contributed by atoms with Gasteiger partial charge in [-0.15, -0.1) is 0 Å². The number of hydrogen-bond acceptors (Lipinski definition) is 3. The van der Waals surface area contributed by atoms with E-state index in [1.165, 1.54) is 12.1 Å². The topological polar surface area (TPSA) is 91.1 Å². The molecule has 0 radical (unpaired) electrons. The summed E-state index contributed by atoms with van der Waals surface area (Å²) in [6.07, 6.45) is 2.70. The van der Waals surface area contributed by atoms with Gasteiger partial charge >= 0.3 is 0 Å². The molecule has 1 atom stereocenters. The Morgan fingerprint density at radius 1 is 0.939 bits per heavy atom. The van der Waals surface area contributed by atoms with Crippen LogP contribution >= 0.6 is 15.9 Å². The van der Waals surface area contributed by atoms with Crippen LogP contribution in [-0.4, -0.2) is 31.9 Å². The second-order valence-electron chi connectivity index (χ2n) is 7.72. The third-order valence-electron chi connectivity index (χ3n) is 5.39. The third-order valence-corrected chi connectivity index (χ3v) is 7.41. The maximum absolute atomic E-state index is 13.1. The standard InChI is InChI=1S/C25H24BrN3O3S/c26-20-10-12-21(13-11-20)33(31,32)29-24(16-19-17-28-23-9-5-4-8-22(19)23)25(30)27-15-14-18-6-2-1-3-7-18/h1-13,17,24,28-29H,14-16H2,(H,27,30)/t24-/m0/s1. The van der Waals surface area contributed by atoms with Gasteiger partial charge in [-0.25, -0.2) is 8.42 Å². The molecule has 0 spiro atoms. The first-order valence-corrected chi connectivity index (χ1v) is 12.8. The Kier molecular flexibility index (Phi) is 7.27. The summed E-state index contributed by atoms with van der Waals surface area (Å²) in [4.78, 5) is 16.4. The number of aromatic nitrogens is 1. The zero-order valence-electron chi connectivity index (χ0n) is 17.8. The van der Waals surface area contributed by atoms with Gasteiger partial charge in [-0.2, -0.15) is 4.72 Å². The lowest BCUT2D eigenvalue weighted by Crippen LogP contribution is -2.48. The minimum absolute atomic E-state index is 0.103. The number of rotatable bonds is 9. The molecule has 1 aromatic heterocycles. The van der Waals surface area contributed by atoms with Crippen LogP contribution in [0.1, 0.15) is 11.1 Å². The summed E-state index contributed by atoms with van der Waals surface area (Å²) in [5.74, 6) is -0.364. The quantitative estimate of drug-likeness (QED) is 0.306. The van der Waals surface area contributed by atoms with Crippen molar-refractivity contribution in [2.24, 2.45) is 0 Å². The van der Waals surface area contributed by atoms with Gasteiger partial charge < -0.3 is 10.3 Å². The maximum atomic E-state index is 13.1. The number of carbonyl (C=O) groups is 1. The van der Waals surface area contributed by atoms with E-state index >= 15 is 0 Å². The molecule has 0 aliphatic carbocycles. The molecule has 0 aliphatic rings. The van der Waals surface area contributed by atoms with E-state index in [4.69, 9.17) is 0 Å². The number of amides is 1. The summed E-state index contributed by atoms with van der Waals surface area (Å²) in [6.45, 7) is 0.410. The Morgan fingerprint density at radius 2 is 1.64 bits per heavy atom. The SMILES string of the molecule is O=C(NCCc1ccccc1)[C@H](Cc1c[nH]c2ccccc12)NS(=O)(=O)c1ccc(Br)cc1. The van der Waals surface area contributed by atoms with Crippen LogP contribution in [-0.2, 0) is 27.7 Å². The number of H-pyrrole nitrogens is 1. The number of halogens is 1. The Hall–Kier alpha value is -2.94. The van der Waals surface area contributed by atoms with E-state index in [-0.39, 0.29) is 17.2 Å². The molecule has 0 unspecified atom stereocenters. The zero-order valence-corrected chi connectivity index (χ0v) is 20.2. The van der Waals surface area contributed by atoms with Gasteiger partial charge in [-0.05, 0) is 54.3 Å². The number of fused-ring (bicyclic) bond motifs is 1. The number of carbonyl (C=O) groups excluding carboxylic acids is 1. The number of para-hydroxylation sites is 1. The van der Waals surface area contributed by atoms with E-state index in [2.05, 4.69) is 31.0 Å². The monoisotopic (exact) mass is 525 g/mol. The first kappa shape index (κ1) is 23.2. The van der Waals surface area contributed by atoms with Crippen LogP contribution < -0.4 is 10.0 Å². The van der Waals surface area contributed by atoms with E-state index in [0.717, 1.165) is 26.5 Å². The van der Waals surface area contributed by atoms with Gasteiger partial charge in [-0.1, -0.05) is 64.5 Å². The van der Waals surface area contributed by atoms with E-state index in [0.29, 0.717) is 13.0 Å². The molecule has 3 aromatic carbocycles. The molecule has 8 heteroatoms. The van der Waals surface area contributed by atoms with Crippen molar-refractivity contribution in [1.82, 2.24) is 15.0 Å². The van der Waals surface area contributed by atoms with Crippen molar-refractivity contribution in [3.8, 4) is 0 Å². The normalized spacial score (nSPS) is 12.5. The van der Waals surface area contributed by atoms with Crippen LogP contribution in [0.25, 0.3) is 10.9 Å². The van der Waals surface area contributed by atoms with Crippen LogP contribution in [0.2, 0.25) is 0 Å². The first-order valence-electron chi connectivity index (χ1n) is 10.6. The molecule has 4 rings (SSSR count). The third kappa shape index (κ3) is 5.90. The fourth-order valence-corrected chi connectivity index (χ4v) is 5.14. The first-order chi connectivity index (χ1) is 15.9. The molecular formula is C25H24BrN3O3S. The van der Waals surface area contributed by atoms with Crippen LogP contribution in [0.3, 0.4) is 0 Å². The molecule has 0 fully saturated rings. The Bertz CT molecular complexity index is 1340. The second kappa shape index (κ2) is 10.3. The van der Waals surface area contributed by atoms with E-state index < -0.39 is 16.1 Å². The Morgan fingerprint density at radius 3 is 2.39 bits per heavy atom. The summed E-state index contributed by atoms with van der Waals surface area (Å²) in [5.41, 5.74) is 2.90. The van der Waals surface area contributed by atoms with Crippen molar-refractivity contribution < 1.29 is 13.2 Å². The molecule has 170 valence electrons. The van der Waals surface area contributed by atoms with Crippen molar-refractivity contribution >= 4 is 42.8 Å². The second-order valence-corrected chi connectivity index (χ2v) is 10.3. The zero-order chi connectivity index (χ0) is 23.3. The van der Waals surface area contributed by atoms with E-state index in [9.17, 15) is 13.2 Å². The highest BCUT2D eigenvalue weighted by Gasteiger charge is 2.27. The number of sulfonamides is 1. The summed E-state index contributed by atoms with van der Waals surface area (Å²) in [6, 6.07) is 22.9. The summed E-state index contributed by atoms with van der Waals surface area (Å²) < 4.78 is 29.4. The molecule has 0 saturated heterocycles. The molecule has 0 bridgehead atoms. The highest BCUT2D eigenvalue weighted by atomic mass is 79.9. The number of nitrogens with one attached hydrogen (secondary N) is 3. The minimum Gasteiger partial charge on any atom is -0.361 e. The molecule has 33 heavy (non-hydrogen) atoms. The Balaban J connectivity index is 1.54. The van der Waals surface area contributed by atoms with Crippen LogP contribution in [0, 0.1) is 0 Å². The summed E-state index contributed by atoms with van der Waals surface area (Å²) in [7, 11) is -3.90. The molecule has 0 aliphatic heterocycles. The molecule has 4 aromatic rings. The van der Waals surface area contributed by atoms with Gasteiger partial charge in [0.1, 0.15) is 6.04 Å². The minimum atomic E-state index is -3.90. The predicted octanol–water partition coefficient (Wildman–Crippen LogP) is 4.18. The number of aromatic amines is 1. The predicted molar refractivity (Wildman–Crippen MR) is 133 cm³/mol. The smallest absolute Gasteiger partial charge is 0.241 e. The summed E-state index contributed by atoms with van der Waals surface area (Å²) in [5, 5.41) is 3.85. The van der Waals surface area contributed by atoms with Gasteiger partial charge in [-0.3, -0.25) is 4.79 Å². The molecule has 6 nitrogen and oxygen atoms in total. The highest BCUT2D eigenvalue weighted by Crippen LogP contribution is 2.20. The number of benzene rings is 3. The van der Waals surface area contributed by atoms with E-state index in [1.807, 2.05) is 60.8 Å². The molecule has 1 amide bonds. The van der Waals surface area contributed by atoms with Crippen molar-refractivity contribution in [2.45, 2.75) is 23.8 Å². The van der Waals surface area contributed by atoms with Gasteiger partial charge in [0.15, 0.2) is 0 Å². The molecule has 3 N–H and O–H groups in total. The maximum Gasteiger partial charge on any atom is 0.241 e. The van der Waals surface area contributed by atoms with Gasteiger partial charge in [0.2, 0.25) is 15.9 Å². The lowest BCUT2D eigenvalue weighted by molar-refractivity contribution is -0.122. The average molecular weight is 526 g/mol. The lowest BCUT2D eigenvalue weighted by Gasteiger charge is -2.19. The average Bonchev–Trinajstić information content (AvgIpc) is 3.22. The highest BCUT2D eigenvalue weighted by molar-refractivity contribution is 9.10. The lowest BCUT2D eigenvalue weighted by atomic mass is 10.0. The molecule has 0 saturated carbocycles. The van der Waals surface area contributed by atoms with Crippen LogP contribution in [0.5, 0.6) is 0 Å². The van der Waals surface area contributed by atoms with Crippen molar-refractivity contribution in [2.75, 3.05) is 6.54 Å². The fourth-order valence-electron chi connectivity index (χ4n) is 3.68. The number of hydrogen-bond donors (Lipinski definition) is 3. The van der Waals surface area contributed by atoms with Crippen LogP contribution in [0.4, 0.5) is 0 Å². The van der Waals surface area contributed by atoms with Gasteiger partial charge in [0.05, 0.1) is 4.90 Å². The van der Waals surface area contributed by atoms with Crippen LogP contribution in [0.15, 0.2) is 94.4 Å². The van der Waals surface area contributed by atoms with Gasteiger partial charge in [0, 0.05) is 28.1 Å².